The van der Waals surface area contributed by atoms with Crippen molar-refractivity contribution in [1.29, 1.82) is 0 Å². The Balaban J connectivity index is 1.79. The van der Waals surface area contributed by atoms with E-state index in [2.05, 4.69) is 20.4 Å². The van der Waals surface area contributed by atoms with Gasteiger partial charge < -0.3 is 9.73 Å². The predicted molar refractivity (Wildman–Crippen MR) is 103 cm³/mol. The number of aryl methyl sites for hydroxylation is 1. The molecule has 1 aromatic carbocycles. The molecular formula is C20H16FN5O3. The van der Waals surface area contributed by atoms with Crippen LogP contribution in [0.25, 0.3) is 17.4 Å². The zero-order chi connectivity index (χ0) is 20.4. The second-order valence-electron chi connectivity index (χ2n) is 6.18. The van der Waals surface area contributed by atoms with Gasteiger partial charge in [0.1, 0.15) is 17.3 Å². The van der Waals surface area contributed by atoms with Crippen LogP contribution >= 0.6 is 0 Å². The summed E-state index contributed by atoms with van der Waals surface area (Å²) >= 11 is 0. The molecule has 29 heavy (non-hydrogen) atoms. The van der Waals surface area contributed by atoms with Crippen molar-refractivity contribution in [2.45, 2.75) is 13.3 Å². The number of aromatic nitrogens is 4. The van der Waals surface area contributed by atoms with E-state index in [-0.39, 0.29) is 22.9 Å². The molecule has 0 unspecified atom stereocenters. The molecule has 0 spiro atoms. The van der Waals surface area contributed by atoms with Crippen LogP contribution in [-0.4, -0.2) is 25.7 Å². The Labute approximate surface area is 164 Å². The highest BCUT2D eigenvalue weighted by Gasteiger charge is 2.18. The highest BCUT2D eigenvalue weighted by Crippen LogP contribution is 2.24. The molecule has 0 aliphatic heterocycles. The Morgan fingerprint density at radius 2 is 2.10 bits per heavy atom. The van der Waals surface area contributed by atoms with E-state index < -0.39 is 11.7 Å². The third-order valence-corrected chi connectivity index (χ3v) is 4.16. The number of nitrogens with one attached hydrogen (secondary N) is 2. The number of aromatic amines is 1. The molecule has 0 atom stereocenters. The summed E-state index contributed by atoms with van der Waals surface area (Å²) in [6.45, 7) is 1.87. The number of carbonyl (C=O) groups excluding carboxylic acids is 1. The Hall–Kier alpha value is -4.01. The summed E-state index contributed by atoms with van der Waals surface area (Å²) in [6, 6.07) is 11.7. The number of carbonyl (C=O) groups is 1. The van der Waals surface area contributed by atoms with E-state index in [4.69, 9.17) is 4.42 Å². The zero-order valence-corrected chi connectivity index (χ0v) is 15.3. The largest absolute Gasteiger partial charge is 0.463 e. The molecule has 3 aromatic heterocycles. The van der Waals surface area contributed by atoms with E-state index in [1.165, 1.54) is 35.2 Å². The van der Waals surface area contributed by atoms with Gasteiger partial charge in [0.15, 0.2) is 5.76 Å². The van der Waals surface area contributed by atoms with Crippen molar-refractivity contribution in [1.82, 2.24) is 19.7 Å². The minimum atomic E-state index is -0.536. The number of nitrogens with zero attached hydrogens (tertiary/aromatic N) is 3. The number of H-pyrrole nitrogens is 1. The van der Waals surface area contributed by atoms with Crippen LogP contribution in [-0.2, 0) is 6.42 Å². The third kappa shape index (κ3) is 3.84. The number of furan rings is 1. The summed E-state index contributed by atoms with van der Waals surface area (Å²) in [5.41, 5.74) is 0.792. The molecule has 0 aliphatic carbocycles. The van der Waals surface area contributed by atoms with Crippen molar-refractivity contribution in [3.63, 3.8) is 0 Å². The van der Waals surface area contributed by atoms with Crippen LogP contribution < -0.4 is 10.9 Å². The lowest BCUT2D eigenvalue weighted by molar-refractivity contribution is 0.102. The number of halogens is 1. The third-order valence-electron chi connectivity index (χ3n) is 4.16. The summed E-state index contributed by atoms with van der Waals surface area (Å²) in [4.78, 5) is 31.6. The van der Waals surface area contributed by atoms with Crippen molar-refractivity contribution in [2.24, 2.45) is 0 Å². The van der Waals surface area contributed by atoms with Gasteiger partial charge >= 0.3 is 0 Å². The van der Waals surface area contributed by atoms with Gasteiger partial charge in [-0.25, -0.2) is 9.37 Å². The minimum Gasteiger partial charge on any atom is -0.463 e. The first-order valence-electron chi connectivity index (χ1n) is 8.85. The minimum absolute atomic E-state index is 0.140. The lowest BCUT2D eigenvalue weighted by atomic mass is 10.2. The molecule has 8 nitrogen and oxygen atoms in total. The van der Waals surface area contributed by atoms with Crippen LogP contribution in [0.5, 0.6) is 0 Å². The van der Waals surface area contributed by atoms with Crippen molar-refractivity contribution >= 4 is 11.7 Å². The van der Waals surface area contributed by atoms with Gasteiger partial charge in [-0.15, -0.1) is 0 Å². The number of hydrogen-bond donors (Lipinski definition) is 2. The van der Waals surface area contributed by atoms with Gasteiger partial charge in [-0.05, 0) is 36.8 Å². The van der Waals surface area contributed by atoms with Crippen molar-refractivity contribution in [3.05, 3.63) is 82.2 Å². The Morgan fingerprint density at radius 1 is 1.24 bits per heavy atom. The zero-order valence-electron chi connectivity index (χ0n) is 15.3. The number of anilines is 1. The van der Waals surface area contributed by atoms with Crippen molar-refractivity contribution < 1.29 is 13.6 Å². The summed E-state index contributed by atoms with van der Waals surface area (Å²) < 4.78 is 20.1. The summed E-state index contributed by atoms with van der Waals surface area (Å²) in [7, 11) is 0. The number of rotatable bonds is 5. The molecule has 2 N–H and O–H groups in total. The molecule has 0 aliphatic rings. The van der Waals surface area contributed by atoms with E-state index in [1.54, 1.807) is 18.2 Å². The van der Waals surface area contributed by atoms with Gasteiger partial charge in [0.2, 0.25) is 5.95 Å². The van der Waals surface area contributed by atoms with E-state index in [9.17, 15) is 14.0 Å². The summed E-state index contributed by atoms with van der Waals surface area (Å²) in [6.07, 6.45) is 2.05. The maximum Gasteiger partial charge on any atom is 0.256 e. The number of amides is 1. The van der Waals surface area contributed by atoms with Crippen molar-refractivity contribution in [2.75, 3.05) is 5.32 Å². The normalized spacial score (nSPS) is 10.8. The quantitative estimate of drug-likeness (QED) is 0.542. The van der Waals surface area contributed by atoms with Crippen LogP contribution in [0.1, 0.15) is 23.0 Å². The molecule has 4 rings (SSSR count). The topological polar surface area (TPSA) is 106 Å². The fraction of sp³-hybridized carbons (Fsp3) is 0.100. The molecule has 0 saturated carbocycles. The van der Waals surface area contributed by atoms with E-state index in [1.807, 2.05) is 6.92 Å². The average molecular weight is 393 g/mol. The number of hydrogen-bond acceptors (Lipinski definition) is 5. The second kappa shape index (κ2) is 7.55. The lowest BCUT2D eigenvalue weighted by Gasteiger charge is -2.09. The maximum atomic E-state index is 13.5. The van der Waals surface area contributed by atoms with Crippen LogP contribution in [0.3, 0.4) is 0 Å². The Morgan fingerprint density at radius 3 is 2.83 bits per heavy atom. The Kier molecular flexibility index (Phi) is 4.78. The summed E-state index contributed by atoms with van der Waals surface area (Å²) in [5.74, 6) is -0.211. The van der Waals surface area contributed by atoms with E-state index in [0.717, 1.165) is 6.07 Å². The molecule has 0 saturated heterocycles. The molecule has 0 radical (unpaired) electrons. The van der Waals surface area contributed by atoms with Gasteiger partial charge in [0, 0.05) is 23.4 Å². The molecule has 3 heterocycles. The Bertz CT molecular complexity index is 1230. The second-order valence-corrected chi connectivity index (χ2v) is 6.18. The number of benzene rings is 1. The first-order chi connectivity index (χ1) is 14.0. The van der Waals surface area contributed by atoms with Gasteiger partial charge in [0.05, 0.1) is 6.26 Å². The fourth-order valence-electron chi connectivity index (χ4n) is 2.77. The highest BCUT2D eigenvalue weighted by atomic mass is 19.1. The molecule has 0 fully saturated rings. The molecule has 146 valence electrons. The highest BCUT2D eigenvalue weighted by molar-refractivity contribution is 6.04. The molecular weight excluding hydrogens is 377 g/mol. The van der Waals surface area contributed by atoms with Crippen LogP contribution in [0.15, 0.2) is 64.0 Å². The van der Waals surface area contributed by atoms with Crippen LogP contribution in [0.4, 0.5) is 10.2 Å². The average Bonchev–Trinajstić information content (AvgIpc) is 3.37. The van der Waals surface area contributed by atoms with Gasteiger partial charge in [-0.3, -0.25) is 14.6 Å². The molecule has 4 aromatic rings. The van der Waals surface area contributed by atoms with E-state index in [0.29, 0.717) is 23.6 Å². The molecule has 9 heteroatoms. The first-order valence-corrected chi connectivity index (χ1v) is 8.85. The smallest absolute Gasteiger partial charge is 0.256 e. The van der Waals surface area contributed by atoms with Crippen LogP contribution in [0.2, 0.25) is 0 Å². The van der Waals surface area contributed by atoms with E-state index >= 15 is 0 Å². The van der Waals surface area contributed by atoms with Gasteiger partial charge in [0.25, 0.3) is 11.5 Å². The fourth-order valence-corrected chi connectivity index (χ4v) is 2.77. The van der Waals surface area contributed by atoms with Crippen molar-refractivity contribution in [3.8, 4) is 17.4 Å². The standard InChI is InChI=1S/C20H16FN5O3/c1-2-14-10-18(27)24-20(22-14)26-17(11-15(25-26)16-7-4-8-29-16)23-19(28)12-5-3-6-13(21)9-12/h3-11H,2H2,1H3,(H,23,28)(H,22,24,27). The maximum absolute atomic E-state index is 13.5. The SMILES string of the molecule is CCc1cc(=O)[nH]c(-n2nc(-c3ccco3)cc2NC(=O)c2cccc(F)c2)n1. The monoisotopic (exact) mass is 393 g/mol. The van der Waals surface area contributed by atoms with Gasteiger partial charge in [-0.1, -0.05) is 13.0 Å². The molecule has 1 amide bonds. The lowest BCUT2D eigenvalue weighted by Crippen LogP contribution is -2.19. The molecule has 0 bridgehead atoms. The predicted octanol–water partition coefficient (Wildman–Crippen LogP) is 3.17. The first kappa shape index (κ1) is 18.4. The summed E-state index contributed by atoms with van der Waals surface area (Å²) in [5, 5.41) is 7.09. The van der Waals surface area contributed by atoms with Crippen LogP contribution in [0, 0.1) is 5.82 Å². The van der Waals surface area contributed by atoms with Gasteiger partial charge in [-0.2, -0.15) is 9.78 Å².